The van der Waals surface area contributed by atoms with Crippen LogP contribution in [0.4, 0.5) is 0 Å². The van der Waals surface area contributed by atoms with Crippen molar-refractivity contribution in [3.63, 3.8) is 0 Å². The van der Waals surface area contributed by atoms with Gasteiger partial charge in [-0.3, -0.25) is 4.79 Å². The summed E-state index contributed by atoms with van der Waals surface area (Å²) in [5.74, 6) is 0.877. The summed E-state index contributed by atoms with van der Waals surface area (Å²) >= 11 is 1.91. The van der Waals surface area contributed by atoms with Crippen LogP contribution in [0.3, 0.4) is 0 Å². The molecule has 0 radical (unpaired) electrons. The molecular formula is C13H24N2OS. The molecule has 0 bridgehead atoms. The van der Waals surface area contributed by atoms with Crippen LogP contribution in [0.5, 0.6) is 0 Å². The maximum atomic E-state index is 12.1. The molecule has 1 saturated carbocycles. The van der Waals surface area contributed by atoms with Crippen LogP contribution >= 0.6 is 11.8 Å². The zero-order valence-electron chi connectivity index (χ0n) is 10.9. The molecule has 1 saturated heterocycles. The zero-order valence-corrected chi connectivity index (χ0v) is 11.7. The molecule has 4 heteroatoms. The molecule has 0 spiro atoms. The summed E-state index contributed by atoms with van der Waals surface area (Å²) in [6, 6.07) is 0.0396. The summed E-state index contributed by atoms with van der Waals surface area (Å²) in [5, 5.41) is 6.47. The molecule has 1 heterocycles. The molecule has 0 aromatic heterocycles. The fourth-order valence-corrected chi connectivity index (χ4v) is 3.62. The highest BCUT2D eigenvalue weighted by molar-refractivity contribution is 8.00. The van der Waals surface area contributed by atoms with Crippen LogP contribution in [-0.2, 0) is 4.79 Å². The van der Waals surface area contributed by atoms with Gasteiger partial charge in [-0.15, -0.1) is 0 Å². The predicted molar refractivity (Wildman–Crippen MR) is 73.3 cm³/mol. The summed E-state index contributed by atoms with van der Waals surface area (Å²) in [7, 11) is 0. The monoisotopic (exact) mass is 256 g/mol. The summed E-state index contributed by atoms with van der Waals surface area (Å²) in [4.78, 5) is 12.1. The lowest BCUT2D eigenvalue weighted by atomic mass is 9.84. The van der Waals surface area contributed by atoms with E-state index in [-0.39, 0.29) is 11.9 Å². The van der Waals surface area contributed by atoms with Gasteiger partial charge in [-0.1, -0.05) is 13.3 Å². The van der Waals surface area contributed by atoms with Gasteiger partial charge < -0.3 is 10.6 Å². The van der Waals surface area contributed by atoms with Gasteiger partial charge in [-0.25, -0.2) is 0 Å². The molecular weight excluding hydrogens is 232 g/mol. The second kappa shape index (κ2) is 5.61. The SMILES string of the molecule is CSC1(CNC(=O)C2CC(C)CCN2)CCC1. The number of nitrogens with one attached hydrogen (secondary N) is 2. The van der Waals surface area contributed by atoms with E-state index in [9.17, 15) is 4.79 Å². The van der Waals surface area contributed by atoms with Crippen LogP contribution in [0.25, 0.3) is 0 Å². The molecule has 98 valence electrons. The summed E-state index contributed by atoms with van der Waals surface area (Å²) in [6.45, 7) is 4.06. The van der Waals surface area contributed by atoms with Crippen molar-refractivity contribution in [2.45, 2.75) is 49.8 Å². The van der Waals surface area contributed by atoms with Crippen LogP contribution in [-0.4, -0.2) is 36.0 Å². The fourth-order valence-electron chi connectivity index (χ4n) is 2.70. The Kier molecular flexibility index (Phi) is 4.36. The van der Waals surface area contributed by atoms with Crippen molar-refractivity contribution >= 4 is 17.7 Å². The molecule has 2 N–H and O–H groups in total. The molecule has 2 atom stereocenters. The Morgan fingerprint density at radius 1 is 1.53 bits per heavy atom. The largest absolute Gasteiger partial charge is 0.353 e. The second-order valence-electron chi connectivity index (χ2n) is 5.59. The van der Waals surface area contributed by atoms with Gasteiger partial charge in [0.2, 0.25) is 5.91 Å². The van der Waals surface area contributed by atoms with Crippen molar-refractivity contribution in [1.29, 1.82) is 0 Å². The number of piperidine rings is 1. The van der Waals surface area contributed by atoms with Crippen molar-refractivity contribution in [2.75, 3.05) is 19.3 Å². The van der Waals surface area contributed by atoms with Crippen LogP contribution in [0, 0.1) is 5.92 Å². The van der Waals surface area contributed by atoms with Crippen LogP contribution in [0.1, 0.15) is 39.0 Å². The number of amides is 1. The lowest BCUT2D eigenvalue weighted by Crippen LogP contribution is -2.52. The maximum absolute atomic E-state index is 12.1. The smallest absolute Gasteiger partial charge is 0.237 e. The third-order valence-electron chi connectivity index (χ3n) is 4.27. The van der Waals surface area contributed by atoms with Gasteiger partial charge in [0.1, 0.15) is 0 Å². The van der Waals surface area contributed by atoms with Gasteiger partial charge in [0.05, 0.1) is 6.04 Å². The molecule has 3 nitrogen and oxygen atoms in total. The summed E-state index contributed by atoms with van der Waals surface area (Å²) in [6.07, 6.45) is 8.16. The molecule has 17 heavy (non-hydrogen) atoms. The molecule has 2 aliphatic rings. The lowest BCUT2D eigenvalue weighted by molar-refractivity contribution is -0.124. The molecule has 1 aliphatic heterocycles. The van der Waals surface area contributed by atoms with Crippen molar-refractivity contribution in [3.05, 3.63) is 0 Å². The Morgan fingerprint density at radius 2 is 2.29 bits per heavy atom. The highest BCUT2D eigenvalue weighted by atomic mass is 32.2. The third kappa shape index (κ3) is 3.16. The van der Waals surface area contributed by atoms with Crippen molar-refractivity contribution in [2.24, 2.45) is 5.92 Å². The van der Waals surface area contributed by atoms with Gasteiger partial charge in [-0.05, 0) is 44.4 Å². The summed E-state index contributed by atoms with van der Waals surface area (Å²) in [5.41, 5.74) is 0. The molecule has 2 fully saturated rings. The van der Waals surface area contributed by atoms with E-state index in [0.29, 0.717) is 10.7 Å². The van der Waals surface area contributed by atoms with Crippen molar-refractivity contribution < 1.29 is 4.79 Å². The number of carbonyl (C=O) groups excluding carboxylic acids is 1. The second-order valence-corrected chi connectivity index (χ2v) is 6.87. The van der Waals surface area contributed by atoms with Gasteiger partial charge in [-0.2, -0.15) is 11.8 Å². The zero-order chi connectivity index (χ0) is 12.3. The Balaban J connectivity index is 1.76. The molecule has 2 rings (SSSR count). The average Bonchev–Trinajstić information content (AvgIpc) is 2.28. The highest BCUT2D eigenvalue weighted by Gasteiger charge is 2.37. The highest BCUT2D eigenvalue weighted by Crippen LogP contribution is 2.42. The van der Waals surface area contributed by atoms with Gasteiger partial charge in [0.15, 0.2) is 0 Å². The van der Waals surface area contributed by atoms with E-state index in [0.717, 1.165) is 19.5 Å². The Hall–Kier alpha value is -0.220. The lowest BCUT2D eigenvalue weighted by Gasteiger charge is -2.41. The van der Waals surface area contributed by atoms with Crippen molar-refractivity contribution in [3.8, 4) is 0 Å². The average molecular weight is 256 g/mol. The number of rotatable bonds is 4. The van der Waals surface area contributed by atoms with E-state index in [4.69, 9.17) is 0 Å². The topological polar surface area (TPSA) is 41.1 Å². The van der Waals surface area contributed by atoms with Crippen molar-refractivity contribution in [1.82, 2.24) is 10.6 Å². The van der Waals surface area contributed by atoms with E-state index in [1.54, 1.807) is 0 Å². The van der Waals surface area contributed by atoms with Crippen LogP contribution in [0.2, 0.25) is 0 Å². The third-order valence-corrected chi connectivity index (χ3v) is 5.68. The first-order chi connectivity index (χ1) is 8.15. The van der Waals surface area contributed by atoms with E-state index in [1.807, 2.05) is 11.8 Å². The van der Waals surface area contributed by atoms with E-state index < -0.39 is 0 Å². The quantitative estimate of drug-likeness (QED) is 0.805. The van der Waals surface area contributed by atoms with E-state index in [1.165, 1.54) is 25.7 Å². The van der Waals surface area contributed by atoms with Gasteiger partial charge in [0, 0.05) is 11.3 Å². The molecule has 0 aromatic carbocycles. The normalized spacial score (nSPS) is 31.6. The van der Waals surface area contributed by atoms with Crippen LogP contribution < -0.4 is 10.6 Å². The fraction of sp³-hybridized carbons (Fsp3) is 0.923. The number of carbonyl (C=O) groups is 1. The number of hydrogen-bond donors (Lipinski definition) is 2. The molecule has 1 amide bonds. The molecule has 2 unspecified atom stereocenters. The van der Waals surface area contributed by atoms with Gasteiger partial charge >= 0.3 is 0 Å². The first kappa shape index (κ1) is 13.2. The number of thioether (sulfide) groups is 1. The first-order valence-electron chi connectivity index (χ1n) is 6.71. The predicted octanol–water partition coefficient (Wildman–Crippen LogP) is 1.78. The Labute approximate surface area is 108 Å². The van der Waals surface area contributed by atoms with E-state index in [2.05, 4.69) is 23.8 Å². The first-order valence-corrected chi connectivity index (χ1v) is 7.94. The van der Waals surface area contributed by atoms with Crippen LogP contribution in [0.15, 0.2) is 0 Å². The minimum Gasteiger partial charge on any atom is -0.353 e. The Bertz CT molecular complexity index is 273. The minimum absolute atomic E-state index is 0.0396. The maximum Gasteiger partial charge on any atom is 0.237 e. The Morgan fingerprint density at radius 3 is 2.82 bits per heavy atom. The number of hydrogen-bond acceptors (Lipinski definition) is 3. The molecule has 0 aromatic rings. The minimum atomic E-state index is 0.0396. The van der Waals surface area contributed by atoms with E-state index >= 15 is 0 Å². The molecule has 1 aliphatic carbocycles. The summed E-state index contributed by atoms with van der Waals surface area (Å²) < 4.78 is 0.343. The van der Waals surface area contributed by atoms with Gasteiger partial charge in [0.25, 0.3) is 0 Å². The standard InChI is InChI=1S/C13H24N2OS/c1-10-4-7-14-11(8-10)12(16)15-9-13(17-2)5-3-6-13/h10-11,14H,3-9H2,1-2H3,(H,15,16).